The summed E-state index contributed by atoms with van der Waals surface area (Å²) in [6, 6.07) is 0. The second kappa shape index (κ2) is 51.6. The van der Waals surface area contributed by atoms with E-state index in [9.17, 15) is 0 Å². The van der Waals surface area contributed by atoms with Crippen molar-refractivity contribution in [2.75, 3.05) is 180 Å². The third kappa shape index (κ3) is 47.7. The molecule has 10 nitrogen and oxygen atoms in total. The number of hydrogen-bond acceptors (Lipinski definition) is 10. The topological polar surface area (TPSA) is 108 Å². The fourth-order valence-corrected chi connectivity index (χ4v) is 17.2. The molecule has 0 saturated carbocycles. The van der Waals surface area contributed by atoms with E-state index in [2.05, 4.69) is 55.4 Å². The van der Waals surface area contributed by atoms with Crippen LogP contribution in [0.4, 0.5) is 0 Å². The van der Waals surface area contributed by atoms with Crippen molar-refractivity contribution in [1.82, 2.24) is 0 Å². The van der Waals surface area contributed by atoms with Crippen LogP contribution in [0.1, 0.15) is 55.4 Å². The molecule has 0 aromatic carbocycles. The van der Waals surface area contributed by atoms with E-state index in [-0.39, 0.29) is 31.7 Å². The van der Waals surface area contributed by atoms with Crippen LogP contribution in [0.2, 0.25) is 0 Å². The summed E-state index contributed by atoms with van der Waals surface area (Å²) in [5.41, 5.74) is 0. The van der Waals surface area contributed by atoms with Gasteiger partial charge in [0.25, 0.3) is 0 Å². The Morgan fingerprint density at radius 3 is 0.490 bits per heavy atom. The number of hydrogen-bond donors (Lipinski definition) is 0. The Labute approximate surface area is 327 Å². The van der Waals surface area contributed by atoms with Crippen LogP contribution in [-0.4, -0.2) is 180 Å². The van der Waals surface area contributed by atoms with Crippen molar-refractivity contribution in [1.29, 1.82) is 0 Å². The zero-order valence-corrected chi connectivity index (χ0v) is 40.1. The molecule has 311 valence electrons. The van der Waals surface area contributed by atoms with Crippen LogP contribution in [0.25, 0.3) is 0 Å². The Morgan fingerprint density at radius 2 is 0.392 bits per heavy atom. The molecule has 0 unspecified atom stereocenters. The average molecular weight is 899 g/mol. The SMILES string of the molecule is CCOCC[PH+](CCOCC)CC[PH+](CCOCC)CCOCC.CCOCC[PH+](CCOCC)CC[PH+](CCOCC)CCOCC.[O]=[Tc]=[O]. The van der Waals surface area contributed by atoms with Gasteiger partial charge in [0.1, 0.15) is 0 Å². The molecule has 0 N–H and O–H groups in total. The number of ether oxygens (including phenoxy) is 8. The van der Waals surface area contributed by atoms with Crippen molar-refractivity contribution >= 4 is 31.7 Å². The summed E-state index contributed by atoms with van der Waals surface area (Å²) in [7, 11) is -1.40. The van der Waals surface area contributed by atoms with E-state index >= 15 is 0 Å². The molecule has 0 atom stereocenters. The van der Waals surface area contributed by atoms with Crippen LogP contribution in [0, 0.1) is 0 Å². The maximum absolute atomic E-state index is 8.48. The van der Waals surface area contributed by atoms with Gasteiger partial charge in [-0.15, -0.1) is 0 Å². The van der Waals surface area contributed by atoms with Gasteiger partial charge in [-0.25, -0.2) is 0 Å². The van der Waals surface area contributed by atoms with E-state index in [0.717, 1.165) is 106 Å². The average Bonchev–Trinajstić information content (AvgIpc) is 3.13. The van der Waals surface area contributed by atoms with Gasteiger partial charge in [0.15, 0.2) is 0 Å². The van der Waals surface area contributed by atoms with Gasteiger partial charge in [-0.1, -0.05) is 0 Å². The van der Waals surface area contributed by atoms with E-state index in [1.807, 2.05) is 0 Å². The van der Waals surface area contributed by atoms with Gasteiger partial charge in [-0.3, -0.25) is 0 Å². The van der Waals surface area contributed by atoms with Crippen molar-refractivity contribution in [3.63, 3.8) is 0 Å². The first-order chi connectivity index (χ1) is 25.0. The fourth-order valence-electron chi connectivity index (χ4n) is 5.09. The summed E-state index contributed by atoms with van der Waals surface area (Å²) in [6.45, 7) is 30.7. The third-order valence-corrected chi connectivity index (χ3v) is 20.2. The summed E-state index contributed by atoms with van der Waals surface area (Å²) in [5, 5.41) is 0. The molecule has 0 bridgehead atoms. The van der Waals surface area contributed by atoms with Gasteiger partial charge < -0.3 is 37.9 Å². The Hall–Kier alpha value is 1.65. The van der Waals surface area contributed by atoms with E-state index in [1.54, 1.807) is 0 Å². The molecule has 0 radical (unpaired) electrons. The van der Waals surface area contributed by atoms with Crippen molar-refractivity contribution < 1.29 is 62.5 Å². The van der Waals surface area contributed by atoms with Gasteiger partial charge in [-0.2, -0.15) is 0 Å². The Kier molecular flexibility index (Phi) is 57.7. The fraction of sp³-hybridized carbons (Fsp3) is 1.00. The molecule has 0 aliphatic heterocycles. The van der Waals surface area contributed by atoms with Crippen molar-refractivity contribution in [2.24, 2.45) is 0 Å². The zero-order chi connectivity index (χ0) is 38.5. The predicted octanol–water partition coefficient (Wildman–Crippen LogP) is 6.88. The summed E-state index contributed by atoms with van der Waals surface area (Å²) < 4.78 is 61.7. The third-order valence-electron chi connectivity index (χ3n) is 8.10. The van der Waals surface area contributed by atoms with Crippen molar-refractivity contribution in [2.45, 2.75) is 55.4 Å². The molecule has 0 aromatic rings. The van der Waals surface area contributed by atoms with Crippen molar-refractivity contribution in [3.8, 4) is 0 Å². The summed E-state index contributed by atoms with van der Waals surface area (Å²) in [6.07, 6.45) is 15.7. The minimum absolute atomic E-state index is 0.351. The first-order valence-electron chi connectivity index (χ1n) is 19.8. The van der Waals surface area contributed by atoms with Crippen LogP contribution in [0.5, 0.6) is 0 Å². The normalized spacial score (nSPS) is 11.3. The van der Waals surface area contributed by atoms with Crippen LogP contribution in [0.3, 0.4) is 0 Å². The van der Waals surface area contributed by atoms with Crippen molar-refractivity contribution in [3.05, 3.63) is 0 Å². The van der Waals surface area contributed by atoms with E-state index in [4.69, 9.17) is 44.9 Å². The van der Waals surface area contributed by atoms with E-state index in [1.165, 1.54) is 73.9 Å². The Balaban J connectivity index is -0.000000838. The molecular formula is C36H84O10P4Tc+4. The second-order valence-corrected chi connectivity index (χ2v) is 23.9. The van der Waals surface area contributed by atoms with Gasteiger partial charge in [0.2, 0.25) is 0 Å². The molecule has 0 aromatic heterocycles. The molecule has 0 fully saturated rings. The van der Waals surface area contributed by atoms with E-state index < -0.39 is 17.6 Å². The standard InChI is InChI=1S/2C18H40O4P2.2O.Tc/c2*1-5-19-9-13-23(14-10-20-6-2)17-18-24(15-11-21-7-3)16-12-22-8-4;;;/h2*5-18H2,1-4H3;;;/p+4. The monoisotopic (exact) mass is 897 g/mol. The molecule has 0 spiro atoms. The molecule has 0 aliphatic carbocycles. The van der Waals surface area contributed by atoms with E-state index in [0.29, 0.717) is 0 Å². The molecule has 0 saturated heterocycles. The predicted molar refractivity (Wildman–Crippen MR) is 225 cm³/mol. The van der Waals surface area contributed by atoms with Gasteiger partial charge in [0, 0.05) is 84.5 Å². The maximum atomic E-state index is 8.48. The van der Waals surface area contributed by atoms with Crippen LogP contribution >= 0.6 is 31.7 Å². The molecule has 0 aliphatic rings. The molecule has 51 heavy (non-hydrogen) atoms. The molecule has 0 amide bonds. The van der Waals surface area contributed by atoms with Crippen LogP contribution in [-0.2, 0) is 62.5 Å². The van der Waals surface area contributed by atoms with Gasteiger partial charge in [-0.05, 0) is 55.4 Å². The summed E-state index contributed by atoms with van der Waals surface area (Å²) in [4.78, 5) is 0. The zero-order valence-electron chi connectivity index (χ0n) is 34.3. The Bertz CT molecular complexity index is 537. The first-order valence-corrected chi connectivity index (χ1v) is 29.8. The first kappa shape index (κ1) is 57.0. The molecule has 0 rings (SSSR count). The molecule has 0 heterocycles. The molecule has 15 heteroatoms. The van der Waals surface area contributed by atoms with Crippen LogP contribution in [0.15, 0.2) is 0 Å². The second-order valence-electron chi connectivity index (χ2n) is 11.6. The van der Waals surface area contributed by atoms with Gasteiger partial charge in [0.05, 0.1) is 127 Å². The van der Waals surface area contributed by atoms with Crippen LogP contribution < -0.4 is 0 Å². The molecular weight excluding hydrogens is 814 g/mol. The Morgan fingerprint density at radius 1 is 0.275 bits per heavy atom. The van der Waals surface area contributed by atoms with Gasteiger partial charge >= 0.3 is 24.6 Å². The minimum atomic E-state index is -1.91. The summed E-state index contributed by atoms with van der Waals surface area (Å²) >= 11 is -1.91. The quantitative estimate of drug-likeness (QED) is 0.0481. The number of rotatable bonds is 38. The summed E-state index contributed by atoms with van der Waals surface area (Å²) in [5.74, 6) is 0.